The molecule has 0 radical (unpaired) electrons. The average Bonchev–Trinajstić information content (AvgIpc) is 2.35. The van der Waals surface area contributed by atoms with E-state index in [0.717, 1.165) is 45.1 Å². The van der Waals surface area contributed by atoms with Crippen LogP contribution in [0.1, 0.15) is 33.1 Å². The molecule has 0 aromatic carbocycles. The van der Waals surface area contributed by atoms with Gasteiger partial charge in [-0.2, -0.15) is 0 Å². The molecule has 116 valence electrons. The summed E-state index contributed by atoms with van der Waals surface area (Å²) < 4.78 is 23.3. The summed E-state index contributed by atoms with van der Waals surface area (Å²) in [5.74, 6) is 1.44. The van der Waals surface area contributed by atoms with Gasteiger partial charge < -0.3 is 10.2 Å². The van der Waals surface area contributed by atoms with Gasteiger partial charge in [-0.05, 0) is 51.4 Å². The summed E-state index contributed by atoms with van der Waals surface area (Å²) in [6.45, 7) is 9.02. The number of likely N-dealkylation sites (tertiary alicyclic amines) is 1. The molecule has 1 rings (SSSR count). The van der Waals surface area contributed by atoms with Crippen molar-refractivity contribution in [3.05, 3.63) is 0 Å². The van der Waals surface area contributed by atoms with E-state index in [1.165, 1.54) is 12.8 Å². The smallest absolute Gasteiger partial charge is 0.151 e. The maximum absolute atomic E-state index is 11.6. The van der Waals surface area contributed by atoms with Gasteiger partial charge in [-0.25, -0.2) is 8.42 Å². The molecule has 0 aromatic heterocycles. The van der Waals surface area contributed by atoms with Crippen molar-refractivity contribution in [2.24, 2.45) is 5.92 Å². The highest BCUT2D eigenvalue weighted by Gasteiger charge is 2.20. The topological polar surface area (TPSA) is 49.4 Å². The zero-order chi connectivity index (χ0) is 13.4. The van der Waals surface area contributed by atoms with Crippen LogP contribution in [0.25, 0.3) is 0 Å². The predicted molar refractivity (Wildman–Crippen MR) is 83.9 cm³/mol. The molecule has 1 aliphatic rings. The lowest BCUT2D eigenvalue weighted by Gasteiger charge is -2.31. The minimum Gasteiger partial charge on any atom is -0.317 e. The van der Waals surface area contributed by atoms with Crippen molar-refractivity contribution in [1.82, 2.24) is 10.2 Å². The molecule has 0 aliphatic carbocycles. The highest BCUT2D eigenvalue weighted by Crippen LogP contribution is 2.16. The summed E-state index contributed by atoms with van der Waals surface area (Å²) in [7, 11) is -2.81. The summed E-state index contributed by atoms with van der Waals surface area (Å²) in [4.78, 5) is 2.30. The van der Waals surface area contributed by atoms with Crippen molar-refractivity contribution in [2.45, 2.75) is 33.1 Å². The van der Waals surface area contributed by atoms with E-state index in [1.807, 2.05) is 6.92 Å². The Hall–Kier alpha value is 0.160. The highest BCUT2D eigenvalue weighted by molar-refractivity contribution is 7.91. The molecule has 0 bridgehead atoms. The maximum Gasteiger partial charge on any atom is 0.151 e. The molecule has 1 aliphatic heterocycles. The molecule has 1 heterocycles. The van der Waals surface area contributed by atoms with E-state index in [2.05, 4.69) is 17.1 Å². The third kappa shape index (κ3) is 8.12. The third-order valence-corrected chi connectivity index (χ3v) is 5.46. The number of halogens is 1. The van der Waals surface area contributed by atoms with Crippen molar-refractivity contribution in [3.8, 4) is 0 Å². The fraction of sp³-hybridized carbons (Fsp3) is 1.00. The Balaban J connectivity index is 0.00000324. The van der Waals surface area contributed by atoms with E-state index < -0.39 is 9.84 Å². The second-order valence-electron chi connectivity index (χ2n) is 5.24. The number of rotatable bonds is 8. The van der Waals surface area contributed by atoms with E-state index in [1.54, 1.807) is 0 Å². The fourth-order valence-corrected chi connectivity index (χ4v) is 3.81. The van der Waals surface area contributed by atoms with E-state index in [9.17, 15) is 8.42 Å². The number of nitrogens with one attached hydrogen (secondary N) is 1. The molecule has 6 heteroatoms. The number of piperidine rings is 1. The molecule has 1 N–H and O–H groups in total. The lowest BCUT2D eigenvalue weighted by Crippen LogP contribution is -2.39. The van der Waals surface area contributed by atoms with Crippen molar-refractivity contribution >= 4 is 22.2 Å². The van der Waals surface area contributed by atoms with Crippen molar-refractivity contribution < 1.29 is 8.42 Å². The Morgan fingerprint density at radius 3 is 2.32 bits per heavy atom. The van der Waals surface area contributed by atoms with E-state index >= 15 is 0 Å². The van der Waals surface area contributed by atoms with Crippen LogP contribution >= 0.6 is 12.4 Å². The first-order valence-corrected chi connectivity index (χ1v) is 9.03. The number of hydrogen-bond acceptors (Lipinski definition) is 4. The normalized spacial score (nSPS) is 18.2. The largest absolute Gasteiger partial charge is 0.317 e. The number of nitrogens with zero attached hydrogens (tertiary/aromatic N) is 1. The predicted octanol–water partition coefficient (Wildman–Crippen LogP) is 1.55. The fourth-order valence-electron chi connectivity index (χ4n) is 2.44. The summed E-state index contributed by atoms with van der Waals surface area (Å²) in [6, 6.07) is 0. The highest BCUT2D eigenvalue weighted by atomic mass is 35.5. The van der Waals surface area contributed by atoms with Gasteiger partial charge >= 0.3 is 0 Å². The molecule has 0 aromatic rings. The Kier molecular flexibility index (Phi) is 10.1. The minimum atomic E-state index is -2.81. The standard InChI is InChI=1S/C13H28N2O2S.ClH/c1-3-10-18(16,17)11-9-15-7-5-13(6-8-15)12-14-4-2;/h13-14H,3-12H2,1-2H3;1H. The second-order valence-corrected chi connectivity index (χ2v) is 7.55. The summed E-state index contributed by atoms with van der Waals surface area (Å²) in [5.41, 5.74) is 0. The van der Waals surface area contributed by atoms with E-state index in [0.29, 0.717) is 11.5 Å². The molecule has 4 nitrogen and oxygen atoms in total. The molecule has 0 saturated carbocycles. The first-order chi connectivity index (χ1) is 8.57. The Bertz CT molecular complexity index is 315. The van der Waals surface area contributed by atoms with Gasteiger partial charge in [0.1, 0.15) is 0 Å². The molecule has 1 fully saturated rings. The monoisotopic (exact) mass is 312 g/mol. The maximum atomic E-state index is 11.6. The number of sulfone groups is 1. The molecular formula is C13H29ClN2O2S. The van der Waals surface area contributed by atoms with Gasteiger partial charge in [-0.15, -0.1) is 12.4 Å². The first kappa shape index (κ1) is 19.2. The van der Waals surface area contributed by atoms with Crippen LogP contribution in [0.3, 0.4) is 0 Å². The van der Waals surface area contributed by atoms with Gasteiger partial charge in [-0.1, -0.05) is 13.8 Å². The van der Waals surface area contributed by atoms with Crippen LogP contribution in [0, 0.1) is 5.92 Å². The zero-order valence-corrected chi connectivity index (χ0v) is 13.9. The van der Waals surface area contributed by atoms with Crippen LogP contribution < -0.4 is 5.32 Å². The van der Waals surface area contributed by atoms with Gasteiger partial charge in [0.15, 0.2) is 9.84 Å². The molecule has 0 amide bonds. The van der Waals surface area contributed by atoms with Crippen LogP contribution in [0.5, 0.6) is 0 Å². The molecular weight excluding hydrogens is 284 g/mol. The Morgan fingerprint density at radius 1 is 1.16 bits per heavy atom. The average molecular weight is 313 g/mol. The van der Waals surface area contributed by atoms with Gasteiger partial charge in [-0.3, -0.25) is 0 Å². The van der Waals surface area contributed by atoms with Crippen molar-refractivity contribution in [3.63, 3.8) is 0 Å². The second kappa shape index (κ2) is 9.97. The van der Waals surface area contributed by atoms with E-state index in [4.69, 9.17) is 0 Å². The van der Waals surface area contributed by atoms with Crippen LogP contribution in [0.4, 0.5) is 0 Å². The minimum absolute atomic E-state index is 0. The van der Waals surface area contributed by atoms with Gasteiger partial charge in [0.2, 0.25) is 0 Å². The quantitative estimate of drug-likeness (QED) is 0.739. The van der Waals surface area contributed by atoms with Crippen LogP contribution in [0.15, 0.2) is 0 Å². The number of hydrogen-bond donors (Lipinski definition) is 1. The molecule has 0 spiro atoms. The molecule has 1 saturated heterocycles. The lowest BCUT2D eigenvalue weighted by atomic mass is 9.97. The van der Waals surface area contributed by atoms with Crippen molar-refractivity contribution in [1.29, 1.82) is 0 Å². The van der Waals surface area contributed by atoms with Gasteiger partial charge in [0.05, 0.1) is 5.75 Å². The molecule has 0 atom stereocenters. The van der Waals surface area contributed by atoms with Gasteiger partial charge in [0, 0.05) is 12.3 Å². The van der Waals surface area contributed by atoms with Crippen LogP contribution in [-0.2, 0) is 9.84 Å². The molecule has 0 unspecified atom stereocenters. The summed E-state index contributed by atoms with van der Waals surface area (Å²) in [6.07, 6.45) is 3.12. The molecule has 19 heavy (non-hydrogen) atoms. The Morgan fingerprint density at radius 2 is 1.79 bits per heavy atom. The van der Waals surface area contributed by atoms with E-state index in [-0.39, 0.29) is 12.4 Å². The van der Waals surface area contributed by atoms with Gasteiger partial charge in [0.25, 0.3) is 0 Å². The summed E-state index contributed by atoms with van der Waals surface area (Å²) >= 11 is 0. The Labute approximate surface area is 124 Å². The lowest BCUT2D eigenvalue weighted by molar-refractivity contribution is 0.191. The van der Waals surface area contributed by atoms with Crippen LogP contribution in [-0.4, -0.2) is 57.5 Å². The van der Waals surface area contributed by atoms with Crippen molar-refractivity contribution in [2.75, 3.05) is 44.2 Å². The van der Waals surface area contributed by atoms with Crippen LogP contribution in [0.2, 0.25) is 0 Å². The zero-order valence-electron chi connectivity index (χ0n) is 12.2. The third-order valence-electron chi connectivity index (χ3n) is 3.62. The first-order valence-electron chi connectivity index (χ1n) is 7.21. The summed E-state index contributed by atoms with van der Waals surface area (Å²) in [5, 5.41) is 3.39. The SMILES string of the molecule is CCCS(=O)(=O)CCN1CCC(CNCC)CC1.Cl.